The van der Waals surface area contributed by atoms with E-state index in [0.29, 0.717) is 18.1 Å². The fourth-order valence-corrected chi connectivity index (χ4v) is 1.79. The lowest BCUT2D eigenvalue weighted by molar-refractivity contribution is -0.117. The smallest absolute Gasteiger partial charge is 0.230 e. The van der Waals surface area contributed by atoms with E-state index < -0.39 is 0 Å². The molecule has 12 heavy (non-hydrogen) atoms. The highest BCUT2D eigenvalue weighted by atomic mass is 32.1. The molecule has 1 aromatic heterocycles. The van der Waals surface area contributed by atoms with Crippen LogP contribution >= 0.6 is 11.3 Å². The molecule has 0 radical (unpaired) electrons. The molecule has 1 saturated heterocycles. The molecule has 1 unspecified atom stereocenters. The van der Waals surface area contributed by atoms with E-state index in [4.69, 9.17) is 5.73 Å². The molecule has 0 saturated carbocycles. The van der Waals surface area contributed by atoms with Crippen molar-refractivity contribution in [3.8, 4) is 0 Å². The summed E-state index contributed by atoms with van der Waals surface area (Å²) in [5.41, 5.74) is 7.22. The summed E-state index contributed by atoms with van der Waals surface area (Å²) in [6, 6.07) is -0.0543. The maximum absolute atomic E-state index is 11.3. The zero-order valence-electron chi connectivity index (χ0n) is 6.30. The van der Waals surface area contributed by atoms with E-state index in [1.807, 2.05) is 0 Å². The number of nitrogens with zero attached hydrogens (tertiary/aromatic N) is 3. The molecule has 1 aromatic rings. The molecule has 2 N–H and O–H groups in total. The Morgan fingerprint density at radius 3 is 3.08 bits per heavy atom. The summed E-state index contributed by atoms with van der Waals surface area (Å²) in [6.07, 6.45) is 0.416. The third kappa shape index (κ3) is 1.19. The highest BCUT2D eigenvalue weighted by Gasteiger charge is 2.29. The summed E-state index contributed by atoms with van der Waals surface area (Å²) in [6.45, 7) is 0.564. The van der Waals surface area contributed by atoms with Crippen molar-refractivity contribution in [2.75, 3.05) is 11.4 Å². The van der Waals surface area contributed by atoms with Crippen LogP contribution in [0.1, 0.15) is 6.42 Å². The van der Waals surface area contributed by atoms with Crippen LogP contribution in [0.2, 0.25) is 0 Å². The zero-order valence-corrected chi connectivity index (χ0v) is 7.12. The van der Waals surface area contributed by atoms with E-state index in [2.05, 4.69) is 10.2 Å². The molecular weight excluding hydrogens is 176 g/mol. The fourth-order valence-electron chi connectivity index (χ4n) is 1.20. The predicted octanol–water partition coefficient (Wildman–Crippen LogP) is -0.398. The second-order valence-corrected chi connectivity index (χ2v) is 3.50. The van der Waals surface area contributed by atoms with Gasteiger partial charge in [0.25, 0.3) is 0 Å². The molecule has 5 nitrogen and oxygen atoms in total. The van der Waals surface area contributed by atoms with Crippen LogP contribution in [0.25, 0.3) is 0 Å². The van der Waals surface area contributed by atoms with Crippen molar-refractivity contribution in [1.82, 2.24) is 10.2 Å². The SMILES string of the molecule is NC1CC(=O)N(c2nncs2)C1. The highest BCUT2D eigenvalue weighted by Crippen LogP contribution is 2.21. The topological polar surface area (TPSA) is 72.1 Å². The van der Waals surface area contributed by atoms with Crippen molar-refractivity contribution >= 4 is 22.4 Å². The van der Waals surface area contributed by atoms with Crippen molar-refractivity contribution in [3.05, 3.63) is 5.51 Å². The first-order valence-corrected chi connectivity index (χ1v) is 4.47. The van der Waals surface area contributed by atoms with Gasteiger partial charge in [0, 0.05) is 19.0 Å². The Morgan fingerprint density at radius 2 is 2.58 bits per heavy atom. The second-order valence-electron chi connectivity index (χ2n) is 2.69. The van der Waals surface area contributed by atoms with Crippen molar-refractivity contribution in [1.29, 1.82) is 0 Å². The third-order valence-electron chi connectivity index (χ3n) is 1.73. The summed E-state index contributed by atoms with van der Waals surface area (Å²) >= 11 is 1.35. The Balaban J connectivity index is 2.21. The lowest BCUT2D eigenvalue weighted by Crippen LogP contribution is -2.27. The van der Waals surface area contributed by atoms with Crippen molar-refractivity contribution < 1.29 is 4.79 Å². The number of carbonyl (C=O) groups is 1. The van der Waals surface area contributed by atoms with Crippen molar-refractivity contribution in [3.63, 3.8) is 0 Å². The lowest BCUT2D eigenvalue weighted by atomic mass is 10.3. The van der Waals surface area contributed by atoms with Gasteiger partial charge in [-0.15, -0.1) is 10.2 Å². The second kappa shape index (κ2) is 2.80. The van der Waals surface area contributed by atoms with Gasteiger partial charge in [-0.3, -0.25) is 9.69 Å². The molecule has 6 heteroatoms. The predicted molar refractivity (Wildman–Crippen MR) is 44.9 cm³/mol. The van der Waals surface area contributed by atoms with Crippen LogP contribution in [-0.2, 0) is 4.79 Å². The molecule has 1 fully saturated rings. The van der Waals surface area contributed by atoms with Crippen molar-refractivity contribution in [2.45, 2.75) is 12.5 Å². The van der Waals surface area contributed by atoms with Gasteiger partial charge in [-0.1, -0.05) is 11.3 Å². The molecule has 0 aromatic carbocycles. The molecule has 2 heterocycles. The normalized spacial score (nSPS) is 23.6. The first-order chi connectivity index (χ1) is 5.77. The molecule has 0 spiro atoms. The van der Waals surface area contributed by atoms with Crippen LogP contribution in [0.4, 0.5) is 5.13 Å². The van der Waals surface area contributed by atoms with E-state index in [-0.39, 0.29) is 11.9 Å². The number of hydrogen-bond donors (Lipinski definition) is 1. The van der Waals surface area contributed by atoms with E-state index >= 15 is 0 Å². The van der Waals surface area contributed by atoms with Crippen LogP contribution < -0.4 is 10.6 Å². The number of hydrogen-bond acceptors (Lipinski definition) is 5. The number of anilines is 1. The highest BCUT2D eigenvalue weighted by molar-refractivity contribution is 7.13. The number of amides is 1. The number of carbonyl (C=O) groups excluding carboxylic acids is 1. The largest absolute Gasteiger partial charge is 0.326 e. The van der Waals surface area contributed by atoms with Crippen LogP contribution in [0.15, 0.2) is 5.51 Å². The molecule has 2 rings (SSSR count). The number of rotatable bonds is 1. The quantitative estimate of drug-likeness (QED) is 0.644. The van der Waals surface area contributed by atoms with Crippen LogP contribution in [-0.4, -0.2) is 28.7 Å². The van der Waals surface area contributed by atoms with E-state index in [9.17, 15) is 4.79 Å². The number of nitrogens with two attached hydrogens (primary N) is 1. The lowest BCUT2D eigenvalue weighted by Gasteiger charge is -2.09. The fraction of sp³-hybridized carbons (Fsp3) is 0.500. The van der Waals surface area contributed by atoms with Gasteiger partial charge in [0.1, 0.15) is 5.51 Å². The van der Waals surface area contributed by atoms with Gasteiger partial charge in [0.05, 0.1) is 0 Å². The third-order valence-corrected chi connectivity index (χ3v) is 2.45. The summed E-state index contributed by atoms with van der Waals surface area (Å²) in [5.74, 6) is 0.0410. The Labute approximate surface area is 73.2 Å². The first kappa shape index (κ1) is 7.63. The molecule has 1 aliphatic heterocycles. The summed E-state index contributed by atoms with van der Waals surface area (Å²) < 4.78 is 0. The Hall–Kier alpha value is -1.01. The minimum atomic E-state index is -0.0543. The standard InChI is InChI=1S/C6H8N4OS/c7-4-1-5(11)10(2-4)6-9-8-3-12-6/h3-4H,1-2,7H2. The Kier molecular flexibility index (Phi) is 1.78. The van der Waals surface area contributed by atoms with Gasteiger partial charge in [-0.2, -0.15) is 0 Å². The van der Waals surface area contributed by atoms with E-state index in [1.165, 1.54) is 11.3 Å². The summed E-state index contributed by atoms with van der Waals surface area (Å²) in [5, 5.41) is 8.11. The van der Waals surface area contributed by atoms with E-state index in [1.54, 1.807) is 10.4 Å². The Morgan fingerprint density at radius 1 is 1.75 bits per heavy atom. The maximum Gasteiger partial charge on any atom is 0.230 e. The summed E-state index contributed by atoms with van der Waals surface area (Å²) in [4.78, 5) is 12.9. The van der Waals surface area contributed by atoms with Crippen LogP contribution in [0.3, 0.4) is 0 Å². The molecule has 0 aliphatic carbocycles. The zero-order chi connectivity index (χ0) is 8.55. The van der Waals surface area contributed by atoms with Gasteiger partial charge < -0.3 is 5.73 Å². The average molecular weight is 184 g/mol. The first-order valence-electron chi connectivity index (χ1n) is 3.59. The van der Waals surface area contributed by atoms with Gasteiger partial charge in [-0.25, -0.2) is 0 Å². The average Bonchev–Trinajstić information content (AvgIpc) is 2.58. The number of aromatic nitrogens is 2. The molecular formula is C6H8N4OS. The van der Waals surface area contributed by atoms with Gasteiger partial charge in [0.15, 0.2) is 0 Å². The minimum Gasteiger partial charge on any atom is -0.326 e. The minimum absolute atomic E-state index is 0.0410. The van der Waals surface area contributed by atoms with E-state index in [0.717, 1.165) is 0 Å². The molecule has 64 valence electrons. The molecule has 0 bridgehead atoms. The van der Waals surface area contributed by atoms with Gasteiger partial charge in [0.2, 0.25) is 11.0 Å². The maximum atomic E-state index is 11.3. The monoisotopic (exact) mass is 184 g/mol. The molecule has 1 atom stereocenters. The van der Waals surface area contributed by atoms with Crippen LogP contribution in [0.5, 0.6) is 0 Å². The van der Waals surface area contributed by atoms with Crippen molar-refractivity contribution in [2.24, 2.45) is 5.73 Å². The van der Waals surface area contributed by atoms with Crippen LogP contribution in [0, 0.1) is 0 Å². The molecule has 1 aliphatic rings. The Bertz CT molecular complexity index is 286. The van der Waals surface area contributed by atoms with Gasteiger partial charge >= 0.3 is 0 Å². The van der Waals surface area contributed by atoms with Gasteiger partial charge in [-0.05, 0) is 0 Å². The molecule has 1 amide bonds. The summed E-state index contributed by atoms with van der Waals surface area (Å²) in [7, 11) is 0.